The summed E-state index contributed by atoms with van der Waals surface area (Å²) in [5.41, 5.74) is 3.44. The van der Waals surface area contributed by atoms with Gasteiger partial charge in [-0.1, -0.05) is 56.3 Å². The average molecular weight is 325 g/mol. The van der Waals surface area contributed by atoms with Crippen LogP contribution in [0.4, 0.5) is 0 Å². The standard InChI is InChI=1S/C23H19NO/c1-14(2)11-15-9-10-17-13-24-22-18-7-3-5-16-6-4-8-20(21(16)18)25-23(22)19(17)12-15/h3-10,12-14H,11H2,1-2H3. The molecule has 5 rings (SSSR count). The fourth-order valence-electron chi connectivity index (χ4n) is 3.83. The predicted molar refractivity (Wildman–Crippen MR) is 103 cm³/mol. The van der Waals surface area contributed by atoms with Crippen LogP contribution in [0.2, 0.25) is 0 Å². The van der Waals surface area contributed by atoms with E-state index in [1.165, 1.54) is 10.9 Å². The van der Waals surface area contributed by atoms with Gasteiger partial charge < -0.3 is 4.74 Å². The van der Waals surface area contributed by atoms with Crippen LogP contribution in [0, 0.1) is 5.92 Å². The molecule has 4 aromatic rings. The number of pyridine rings is 1. The van der Waals surface area contributed by atoms with E-state index >= 15 is 0 Å². The maximum atomic E-state index is 6.36. The van der Waals surface area contributed by atoms with Crippen LogP contribution < -0.4 is 4.74 Å². The Bertz CT molecular complexity index is 1120. The van der Waals surface area contributed by atoms with E-state index in [1.807, 2.05) is 12.3 Å². The van der Waals surface area contributed by atoms with Crippen molar-refractivity contribution in [2.75, 3.05) is 0 Å². The zero-order chi connectivity index (χ0) is 17.0. The molecule has 1 aliphatic rings. The van der Waals surface area contributed by atoms with Crippen molar-refractivity contribution in [2.45, 2.75) is 20.3 Å². The Morgan fingerprint density at radius 1 is 0.960 bits per heavy atom. The molecule has 0 atom stereocenters. The molecule has 2 heterocycles. The number of aromatic nitrogens is 1. The van der Waals surface area contributed by atoms with E-state index in [-0.39, 0.29) is 0 Å². The second-order valence-corrected chi connectivity index (χ2v) is 7.22. The van der Waals surface area contributed by atoms with E-state index in [4.69, 9.17) is 9.72 Å². The molecule has 0 saturated heterocycles. The zero-order valence-corrected chi connectivity index (χ0v) is 14.4. The van der Waals surface area contributed by atoms with E-state index in [9.17, 15) is 0 Å². The van der Waals surface area contributed by atoms with Gasteiger partial charge in [0.25, 0.3) is 0 Å². The maximum Gasteiger partial charge on any atom is 0.161 e. The number of rotatable bonds is 2. The lowest BCUT2D eigenvalue weighted by molar-refractivity contribution is 0.490. The molecule has 1 aromatic heterocycles. The highest BCUT2D eigenvalue weighted by Crippen LogP contribution is 2.47. The summed E-state index contributed by atoms with van der Waals surface area (Å²) in [6, 6.07) is 19.2. The molecule has 0 aliphatic carbocycles. The number of hydrogen-bond donors (Lipinski definition) is 0. The van der Waals surface area contributed by atoms with Crippen molar-refractivity contribution < 1.29 is 4.74 Å². The molecular formula is C23H19NO. The Labute approximate surface area is 147 Å². The van der Waals surface area contributed by atoms with Crippen LogP contribution in [0.25, 0.3) is 32.8 Å². The highest BCUT2D eigenvalue weighted by molar-refractivity contribution is 6.06. The largest absolute Gasteiger partial charge is 0.454 e. The molecule has 2 nitrogen and oxygen atoms in total. The van der Waals surface area contributed by atoms with Crippen LogP contribution in [0.1, 0.15) is 19.4 Å². The van der Waals surface area contributed by atoms with E-state index in [1.54, 1.807) is 0 Å². The van der Waals surface area contributed by atoms with Crippen LogP contribution in [0.3, 0.4) is 0 Å². The van der Waals surface area contributed by atoms with Gasteiger partial charge in [-0.2, -0.15) is 0 Å². The van der Waals surface area contributed by atoms with E-state index in [0.717, 1.165) is 45.3 Å². The molecule has 3 aromatic carbocycles. The number of fused-ring (bicyclic) bond motifs is 4. The average Bonchev–Trinajstić information content (AvgIpc) is 2.62. The molecule has 0 amide bonds. The molecule has 0 unspecified atom stereocenters. The lowest BCUT2D eigenvalue weighted by atomic mass is 9.95. The van der Waals surface area contributed by atoms with E-state index in [2.05, 4.69) is 62.4 Å². The van der Waals surface area contributed by atoms with Crippen molar-refractivity contribution in [2.24, 2.45) is 5.92 Å². The van der Waals surface area contributed by atoms with Crippen molar-refractivity contribution in [1.82, 2.24) is 4.98 Å². The topological polar surface area (TPSA) is 22.1 Å². The van der Waals surface area contributed by atoms with Crippen molar-refractivity contribution in [3.8, 4) is 22.8 Å². The summed E-state index contributed by atoms with van der Waals surface area (Å²) < 4.78 is 6.36. The van der Waals surface area contributed by atoms with Crippen LogP contribution in [-0.2, 0) is 6.42 Å². The fourth-order valence-corrected chi connectivity index (χ4v) is 3.83. The van der Waals surface area contributed by atoms with E-state index in [0.29, 0.717) is 5.92 Å². The fraction of sp³-hybridized carbons (Fsp3) is 0.174. The van der Waals surface area contributed by atoms with Crippen LogP contribution in [0.5, 0.6) is 11.5 Å². The Balaban J connectivity index is 1.81. The monoisotopic (exact) mass is 325 g/mol. The summed E-state index contributed by atoms with van der Waals surface area (Å²) >= 11 is 0. The van der Waals surface area contributed by atoms with Crippen LogP contribution >= 0.6 is 0 Å². The maximum absolute atomic E-state index is 6.36. The molecule has 2 heteroatoms. The normalized spacial score (nSPS) is 12.4. The summed E-state index contributed by atoms with van der Waals surface area (Å²) in [7, 11) is 0. The van der Waals surface area contributed by atoms with Crippen LogP contribution in [0.15, 0.2) is 60.8 Å². The van der Waals surface area contributed by atoms with Gasteiger partial charge >= 0.3 is 0 Å². The third kappa shape index (κ3) is 2.21. The molecule has 0 N–H and O–H groups in total. The second-order valence-electron chi connectivity index (χ2n) is 7.22. The van der Waals surface area contributed by atoms with E-state index < -0.39 is 0 Å². The van der Waals surface area contributed by atoms with Gasteiger partial charge in [0, 0.05) is 27.9 Å². The first-order chi connectivity index (χ1) is 12.2. The summed E-state index contributed by atoms with van der Waals surface area (Å²) in [5.74, 6) is 2.43. The first kappa shape index (κ1) is 14.5. The SMILES string of the molecule is CC(C)Cc1ccc2cnc3c(c2c1)Oc1cccc2cccc-3c12. The third-order valence-electron chi connectivity index (χ3n) is 4.89. The minimum atomic E-state index is 0.630. The summed E-state index contributed by atoms with van der Waals surface area (Å²) in [5, 5.41) is 4.62. The molecular weight excluding hydrogens is 306 g/mol. The van der Waals surface area contributed by atoms with Crippen LogP contribution in [-0.4, -0.2) is 4.98 Å². The molecule has 122 valence electrons. The lowest BCUT2D eigenvalue weighted by Gasteiger charge is -2.22. The van der Waals surface area contributed by atoms with Gasteiger partial charge in [0.15, 0.2) is 5.75 Å². The number of nitrogens with zero attached hydrogens (tertiary/aromatic N) is 1. The van der Waals surface area contributed by atoms with Crippen molar-refractivity contribution in [3.05, 3.63) is 66.4 Å². The Kier molecular flexibility index (Phi) is 3.08. The predicted octanol–water partition coefficient (Wildman–Crippen LogP) is 6.36. The molecule has 0 fully saturated rings. The minimum absolute atomic E-state index is 0.630. The number of benzene rings is 3. The molecule has 0 bridgehead atoms. The van der Waals surface area contributed by atoms with Gasteiger partial charge in [0.05, 0.1) is 0 Å². The van der Waals surface area contributed by atoms with Gasteiger partial charge in [0.1, 0.15) is 11.4 Å². The smallest absolute Gasteiger partial charge is 0.161 e. The number of ether oxygens (including phenoxy) is 1. The highest BCUT2D eigenvalue weighted by Gasteiger charge is 2.23. The van der Waals surface area contributed by atoms with Crippen molar-refractivity contribution in [3.63, 3.8) is 0 Å². The third-order valence-corrected chi connectivity index (χ3v) is 4.89. The highest BCUT2D eigenvalue weighted by atomic mass is 16.5. The summed E-state index contributed by atoms with van der Waals surface area (Å²) in [6.45, 7) is 4.50. The second kappa shape index (κ2) is 5.32. The van der Waals surface area contributed by atoms with Gasteiger partial charge in [-0.3, -0.25) is 4.98 Å². The lowest BCUT2D eigenvalue weighted by Crippen LogP contribution is -2.01. The van der Waals surface area contributed by atoms with Gasteiger partial charge in [-0.05, 0) is 35.4 Å². The number of hydrogen-bond acceptors (Lipinski definition) is 2. The zero-order valence-electron chi connectivity index (χ0n) is 14.4. The molecule has 25 heavy (non-hydrogen) atoms. The molecule has 0 saturated carbocycles. The Morgan fingerprint density at radius 2 is 1.80 bits per heavy atom. The van der Waals surface area contributed by atoms with Crippen molar-refractivity contribution >= 4 is 21.5 Å². The van der Waals surface area contributed by atoms with Gasteiger partial charge in [-0.15, -0.1) is 0 Å². The molecule has 0 radical (unpaired) electrons. The molecule has 1 aliphatic heterocycles. The van der Waals surface area contributed by atoms with Crippen molar-refractivity contribution in [1.29, 1.82) is 0 Å². The van der Waals surface area contributed by atoms with Gasteiger partial charge in [0.2, 0.25) is 0 Å². The quantitative estimate of drug-likeness (QED) is 0.377. The first-order valence-electron chi connectivity index (χ1n) is 8.82. The Morgan fingerprint density at radius 3 is 2.64 bits per heavy atom. The molecule has 0 spiro atoms. The van der Waals surface area contributed by atoms with Gasteiger partial charge in [-0.25, -0.2) is 0 Å². The summed E-state index contributed by atoms with van der Waals surface area (Å²) in [6.07, 6.45) is 3.03. The first-order valence-corrected chi connectivity index (χ1v) is 8.82. The minimum Gasteiger partial charge on any atom is -0.454 e. The summed E-state index contributed by atoms with van der Waals surface area (Å²) in [4.78, 5) is 4.74. The Hall–Kier alpha value is -2.87.